The molecule has 3 N–H and O–H groups in total. The first-order valence-corrected chi connectivity index (χ1v) is 4.43. The van der Waals surface area contributed by atoms with E-state index in [1.165, 1.54) is 0 Å². The lowest BCUT2D eigenvalue weighted by atomic mass is 10.7. The van der Waals surface area contributed by atoms with E-state index in [9.17, 15) is 13.2 Å². The Kier molecular flexibility index (Phi) is 3.21. The summed E-state index contributed by atoms with van der Waals surface area (Å²) >= 11 is 0. The molecule has 0 aromatic rings. The van der Waals surface area contributed by atoms with Crippen molar-refractivity contribution in [2.45, 2.75) is 5.44 Å². The van der Waals surface area contributed by atoms with E-state index in [0.717, 1.165) is 6.08 Å². The molecule has 1 amide bonds. The van der Waals surface area contributed by atoms with E-state index < -0.39 is 26.9 Å². The van der Waals surface area contributed by atoms with E-state index in [1.807, 2.05) is 0 Å². The fourth-order valence-corrected chi connectivity index (χ4v) is 1.30. The average Bonchev–Trinajstić information content (AvgIpc) is 1.86. The Hall–Kier alpha value is -0.880. The van der Waals surface area contributed by atoms with Crippen molar-refractivity contribution in [1.29, 1.82) is 0 Å². The van der Waals surface area contributed by atoms with Gasteiger partial charge in [-0.1, -0.05) is 6.08 Å². The molecule has 0 heterocycles. The van der Waals surface area contributed by atoms with Crippen LogP contribution in [0.5, 0.6) is 0 Å². The molecular weight excluding hydrogens is 170 g/mol. The summed E-state index contributed by atoms with van der Waals surface area (Å²) in [5.74, 6) is -1.73. The average molecular weight is 179 g/mol. The Labute approximate surface area is 64.4 Å². The highest BCUT2D eigenvalue weighted by atomic mass is 32.2. The maximum atomic E-state index is 10.7. The fraction of sp³-hybridized carbons (Fsp3) is 0.400. The number of hydrogen-bond acceptors (Lipinski definition) is 4. The standard InChI is InChI=1S/C5H9NO4S/c1-2-3-11(9,10)5(8)4(6)7/h2,5,8H,1,3H2,(H2,6,7). The van der Waals surface area contributed by atoms with Crippen molar-refractivity contribution < 1.29 is 18.3 Å². The second kappa shape index (κ2) is 3.49. The van der Waals surface area contributed by atoms with Crippen LogP contribution < -0.4 is 5.73 Å². The summed E-state index contributed by atoms with van der Waals surface area (Å²) in [6, 6.07) is 0. The van der Waals surface area contributed by atoms with E-state index in [2.05, 4.69) is 12.3 Å². The first-order valence-electron chi connectivity index (χ1n) is 2.71. The van der Waals surface area contributed by atoms with Crippen LogP contribution >= 0.6 is 0 Å². The van der Waals surface area contributed by atoms with E-state index in [-0.39, 0.29) is 0 Å². The number of primary amides is 1. The van der Waals surface area contributed by atoms with Gasteiger partial charge in [-0.15, -0.1) is 6.58 Å². The van der Waals surface area contributed by atoms with Crippen LogP contribution in [0.15, 0.2) is 12.7 Å². The second-order valence-corrected chi connectivity index (χ2v) is 3.98. The fourth-order valence-electron chi connectivity index (χ4n) is 0.432. The molecule has 1 unspecified atom stereocenters. The van der Waals surface area contributed by atoms with Crippen molar-refractivity contribution in [2.24, 2.45) is 5.73 Å². The van der Waals surface area contributed by atoms with Crippen LogP contribution in [-0.2, 0) is 14.6 Å². The first kappa shape index (κ1) is 10.1. The molecule has 0 radical (unpaired) electrons. The number of nitrogens with two attached hydrogens (primary N) is 1. The molecule has 1 atom stereocenters. The minimum absolute atomic E-state index is 0.461. The summed E-state index contributed by atoms with van der Waals surface area (Å²) in [5, 5.41) is 8.68. The number of carbonyl (C=O) groups is 1. The highest BCUT2D eigenvalue weighted by molar-refractivity contribution is 7.92. The van der Waals surface area contributed by atoms with Gasteiger partial charge < -0.3 is 10.8 Å². The van der Waals surface area contributed by atoms with Crippen LogP contribution in [0.2, 0.25) is 0 Å². The van der Waals surface area contributed by atoms with Crippen LogP contribution in [0, 0.1) is 0 Å². The van der Waals surface area contributed by atoms with E-state index in [4.69, 9.17) is 5.11 Å². The lowest BCUT2D eigenvalue weighted by molar-refractivity contribution is -0.122. The SMILES string of the molecule is C=CCS(=O)(=O)C(O)C(N)=O. The van der Waals surface area contributed by atoms with Gasteiger partial charge in [-0.3, -0.25) is 4.79 Å². The Morgan fingerprint density at radius 3 is 2.45 bits per heavy atom. The summed E-state index contributed by atoms with van der Waals surface area (Å²) in [4.78, 5) is 10.2. The van der Waals surface area contributed by atoms with Gasteiger partial charge in [0.2, 0.25) is 5.44 Å². The van der Waals surface area contributed by atoms with Gasteiger partial charge in [-0.2, -0.15) is 0 Å². The molecule has 11 heavy (non-hydrogen) atoms. The van der Waals surface area contributed by atoms with Gasteiger partial charge in [0.25, 0.3) is 5.91 Å². The molecule has 0 aliphatic carbocycles. The monoisotopic (exact) mass is 179 g/mol. The molecule has 0 bridgehead atoms. The van der Waals surface area contributed by atoms with Gasteiger partial charge in [0.1, 0.15) is 0 Å². The van der Waals surface area contributed by atoms with E-state index in [0.29, 0.717) is 0 Å². The zero-order chi connectivity index (χ0) is 9.07. The molecule has 0 aliphatic heterocycles. The maximum Gasteiger partial charge on any atom is 0.262 e. The normalized spacial score (nSPS) is 13.9. The van der Waals surface area contributed by atoms with E-state index in [1.54, 1.807) is 0 Å². The molecular formula is C5H9NO4S. The Bertz CT molecular complexity index is 256. The van der Waals surface area contributed by atoms with Crippen LogP contribution in [0.4, 0.5) is 0 Å². The van der Waals surface area contributed by atoms with Crippen LogP contribution in [0.3, 0.4) is 0 Å². The van der Waals surface area contributed by atoms with Crippen molar-refractivity contribution >= 4 is 15.7 Å². The maximum absolute atomic E-state index is 10.7. The van der Waals surface area contributed by atoms with Gasteiger partial charge in [0, 0.05) is 0 Å². The van der Waals surface area contributed by atoms with Gasteiger partial charge in [-0.25, -0.2) is 8.42 Å². The van der Waals surface area contributed by atoms with Gasteiger partial charge in [0.05, 0.1) is 5.75 Å². The van der Waals surface area contributed by atoms with Gasteiger partial charge in [0.15, 0.2) is 9.84 Å². The number of amides is 1. The summed E-state index contributed by atoms with van der Waals surface area (Å²) in [6.07, 6.45) is 1.07. The third-order valence-corrected chi connectivity index (χ3v) is 2.55. The molecule has 6 heteroatoms. The smallest absolute Gasteiger partial charge is 0.262 e. The number of aliphatic hydroxyl groups is 1. The lowest BCUT2D eigenvalue weighted by Crippen LogP contribution is -2.36. The van der Waals surface area contributed by atoms with Crippen LogP contribution in [0.1, 0.15) is 0 Å². The Balaban J connectivity index is 4.56. The minimum Gasteiger partial charge on any atom is -0.369 e. The topological polar surface area (TPSA) is 97.5 Å². The first-order chi connectivity index (χ1) is 4.91. The van der Waals surface area contributed by atoms with Crippen molar-refractivity contribution in [1.82, 2.24) is 0 Å². The summed E-state index contributed by atoms with van der Waals surface area (Å²) in [5.41, 5.74) is 2.43. The second-order valence-electron chi connectivity index (χ2n) is 1.87. The summed E-state index contributed by atoms with van der Waals surface area (Å²) in [7, 11) is -3.85. The molecule has 0 spiro atoms. The third kappa shape index (κ3) is 2.69. The molecule has 64 valence electrons. The van der Waals surface area contributed by atoms with Crippen LogP contribution in [0.25, 0.3) is 0 Å². The lowest BCUT2D eigenvalue weighted by Gasteiger charge is -2.04. The van der Waals surface area contributed by atoms with Crippen LogP contribution in [-0.4, -0.2) is 30.6 Å². The molecule has 0 aromatic carbocycles. The van der Waals surface area contributed by atoms with Crippen molar-refractivity contribution in [3.8, 4) is 0 Å². The largest absolute Gasteiger partial charge is 0.369 e. The number of aliphatic hydroxyl groups excluding tert-OH is 1. The van der Waals surface area contributed by atoms with Crippen molar-refractivity contribution in [2.75, 3.05) is 5.75 Å². The predicted molar refractivity (Wildman–Crippen MR) is 39.2 cm³/mol. The Morgan fingerprint density at radius 2 is 2.18 bits per heavy atom. The number of hydrogen-bond donors (Lipinski definition) is 2. The quantitative estimate of drug-likeness (QED) is 0.507. The molecule has 0 aliphatic rings. The van der Waals surface area contributed by atoms with Gasteiger partial charge in [-0.05, 0) is 0 Å². The zero-order valence-electron chi connectivity index (χ0n) is 5.73. The summed E-state index contributed by atoms with van der Waals surface area (Å²) in [6.45, 7) is 3.15. The number of sulfone groups is 1. The molecule has 0 saturated heterocycles. The van der Waals surface area contributed by atoms with E-state index >= 15 is 0 Å². The molecule has 0 fully saturated rings. The Morgan fingerprint density at radius 1 is 1.73 bits per heavy atom. The molecule has 0 rings (SSSR count). The summed E-state index contributed by atoms with van der Waals surface area (Å²) < 4.78 is 21.5. The highest BCUT2D eigenvalue weighted by Crippen LogP contribution is 1.97. The molecule has 5 nitrogen and oxygen atoms in total. The minimum atomic E-state index is -3.85. The molecule has 0 saturated carbocycles. The highest BCUT2D eigenvalue weighted by Gasteiger charge is 2.26. The molecule has 0 aromatic heterocycles. The van der Waals surface area contributed by atoms with Crippen molar-refractivity contribution in [3.63, 3.8) is 0 Å². The number of carbonyl (C=O) groups excluding carboxylic acids is 1. The predicted octanol–water partition coefficient (Wildman–Crippen LogP) is -1.61. The van der Waals surface area contributed by atoms with Gasteiger partial charge >= 0.3 is 0 Å². The van der Waals surface area contributed by atoms with Crippen molar-refractivity contribution in [3.05, 3.63) is 12.7 Å². The number of rotatable bonds is 4. The zero-order valence-corrected chi connectivity index (χ0v) is 6.54. The third-order valence-electron chi connectivity index (χ3n) is 0.934.